The quantitative estimate of drug-likeness (QED) is 0.833. The van der Waals surface area contributed by atoms with Crippen LogP contribution < -0.4 is 15.2 Å². The summed E-state index contributed by atoms with van der Waals surface area (Å²) in [6.45, 7) is 0. The van der Waals surface area contributed by atoms with Crippen LogP contribution in [0.4, 0.5) is 0 Å². The Balaban J connectivity index is 3.16. The third-order valence-electron chi connectivity index (χ3n) is 2.33. The van der Waals surface area contributed by atoms with Crippen LogP contribution in [0.3, 0.4) is 0 Å². The first-order valence-corrected chi connectivity index (χ1v) is 5.26. The van der Waals surface area contributed by atoms with Crippen molar-refractivity contribution in [1.29, 1.82) is 0 Å². The zero-order valence-corrected chi connectivity index (χ0v) is 10.3. The Morgan fingerprint density at radius 2 is 2.12 bits per heavy atom. The molecule has 94 valence electrons. The Labute approximate surface area is 104 Å². The number of hydrogen-bond acceptors (Lipinski definition) is 4. The van der Waals surface area contributed by atoms with E-state index in [1.165, 1.54) is 14.2 Å². The predicted molar refractivity (Wildman–Crippen MR) is 63.9 cm³/mol. The molecule has 0 heterocycles. The minimum absolute atomic E-state index is 0.0779. The number of carboxylic acid groups (broad SMARTS) is 1. The molecule has 17 heavy (non-hydrogen) atoms. The minimum Gasteiger partial charge on any atom is -0.493 e. The largest absolute Gasteiger partial charge is 0.493 e. The van der Waals surface area contributed by atoms with E-state index >= 15 is 0 Å². The van der Waals surface area contributed by atoms with E-state index in [2.05, 4.69) is 0 Å². The molecule has 0 aromatic heterocycles. The van der Waals surface area contributed by atoms with Crippen molar-refractivity contribution in [3.05, 3.63) is 22.7 Å². The highest BCUT2D eigenvalue weighted by Crippen LogP contribution is 2.36. The van der Waals surface area contributed by atoms with Gasteiger partial charge in [0.15, 0.2) is 11.5 Å². The van der Waals surface area contributed by atoms with Gasteiger partial charge in [-0.2, -0.15) is 0 Å². The van der Waals surface area contributed by atoms with Crippen molar-refractivity contribution in [2.75, 3.05) is 14.2 Å². The van der Waals surface area contributed by atoms with Gasteiger partial charge >= 0.3 is 5.97 Å². The monoisotopic (exact) mass is 259 g/mol. The highest BCUT2D eigenvalue weighted by Gasteiger charge is 2.20. The summed E-state index contributed by atoms with van der Waals surface area (Å²) in [6.07, 6.45) is 0.0779. The second-order valence-corrected chi connectivity index (χ2v) is 3.82. The number of halogens is 1. The number of nitrogens with two attached hydrogens (primary N) is 1. The fraction of sp³-hybridized carbons (Fsp3) is 0.364. The standard InChI is InChI=1S/C11H14ClNO4/c1-16-9-4-3-7(12)6(10(9)17-2)5-8(13)11(14)15/h3-4,8H,5,13H2,1-2H3,(H,14,15). The molecule has 1 unspecified atom stereocenters. The minimum atomic E-state index is -1.09. The van der Waals surface area contributed by atoms with Gasteiger partial charge in [0.2, 0.25) is 0 Å². The fourth-order valence-electron chi connectivity index (χ4n) is 1.46. The lowest BCUT2D eigenvalue weighted by Gasteiger charge is -2.15. The van der Waals surface area contributed by atoms with Gasteiger partial charge in [-0.3, -0.25) is 4.79 Å². The molecule has 1 rings (SSSR count). The van der Waals surface area contributed by atoms with Gasteiger partial charge in [0.25, 0.3) is 0 Å². The third kappa shape index (κ3) is 3.01. The summed E-state index contributed by atoms with van der Waals surface area (Å²) < 4.78 is 10.3. The molecule has 0 amide bonds. The number of carboxylic acids is 1. The smallest absolute Gasteiger partial charge is 0.320 e. The maximum absolute atomic E-state index is 10.7. The van der Waals surface area contributed by atoms with Crippen molar-refractivity contribution in [3.63, 3.8) is 0 Å². The Kier molecular flexibility index (Phi) is 4.60. The van der Waals surface area contributed by atoms with Crippen LogP contribution >= 0.6 is 11.6 Å². The molecule has 0 fully saturated rings. The van der Waals surface area contributed by atoms with E-state index in [4.69, 9.17) is 31.9 Å². The van der Waals surface area contributed by atoms with E-state index in [9.17, 15) is 4.79 Å². The zero-order valence-electron chi connectivity index (χ0n) is 9.57. The van der Waals surface area contributed by atoms with Gasteiger partial charge in [-0.15, -0.1) is 0 Å². The van der Waals surface area contributed by atoms with Crippen LogP contribution in [-0.2, 0) is 11.2 Å². The molecule has 0 bridgehead atoms. The van der Waals surface area contributed by atoms with E-state index in [0.717, 1.165) is 0 Å². The van der Waals surface area contributed by atoms with Gasteiger partial charge in [0.1, 0.15) is 6.04 Å². The maximum atomic E-state index is 10.7. The SMILES string of the molecule is COc1ccc(Cl)c(CC(N)C(=O)O)c1OC. The molecule has 0 saturated carbocycles. The Hall–Kier alpha value is -1.46. The topological polar surface area (TPSA) is 81.8 Å². The number of methoxy groups -OCH3 is 2. The van der Waals surface area contributed by atoms with Crippen molar-refractivity contribution in [1.82, 2.24) is 0 Å². The lowest BCUT2D eigenvalue weighted by atomic mass is 10.0. The highest BCUT2D eigenvalue weighted by molar-refractivity contribution is 6.31. The second-order valence-electron chi connectivity index (χ2n) is 3.41. The molecule has 0 spiro atoms. The van der Waals surface area contributed by atoms with Gasteiger partial charge in [0, 0.05) is 17.0 Å². The summed E-state index contributed by atoms with van der Waals surface area (Å²) in [5.74, 6) is -0.188. The molecule has 0 saturated heterocycles. The van der Waals surface area contributed by atoms with Crippen molar-refractivity contribution in [2.24, 2.45) is 5.73 Å². The van der Waals surface area contributed by atoms with Crippen molar-refractivity contribution in [2.45, 2.75) is 12.5 Å². The third-order valence-corrected chi connectivity index (χ3v) is 2.69. The van der Waals surface area contributed by atoms with E-state index < -0.39 is 12.0 Å². The lowest BCUT2D eigenvalue weighted by Crippen LogP contribution is -2.32. The van der Waals surface area contributed by atoms with Crippen molar-refractivity contribution in [3.8, 4) is 11.5 Å². The average Bonchev–Trinajstić information content (AvgIpc) is 2.31. The van der Waals surface area contributed by atoms with Crippen LogP contribution in [-0.4, -0.2) is 31.3 Å². The van der Waals surface area contributed by atoms with Crippen LogP contribution in [0.15, 0.2) is 12.1 Å². The van der Waals surface area contributed by atoms with Crippen molar-refractivity contribution >= 4 is 17.6 Å². The number of rotatable bonds is 5. The number of ether oxygens (including phenoxy) is 2. The number of aliphatic carboxylic acids is 1. The number of hydrogen-bond donors (Lipinski definition) is 2. The van der Waals surface area contributed by atoms with Crippen molar-refractivity contribution < 1.29 is 19.4 Å². The summed E-state index contributed by atoms with van der Waals surface area (Å²) in [4.78, 5) is 10.7. The van der Waals surface area contributed by atoms with Crippen LogP contribution in [0.25, 0.3) is 0 Å². The number of benzene rings is 1. The second kappa shape index (κ2) is 5.75. The molecule has 6 heteroatoms. The molecule has 1 aromatic carbocycles. The normalized spacial score (nSPS) is 12.0. The lowest BCUT2D eigenvalue weighted by molar-refractivity contribution is -0.138. The van der Waals surface area contributed by atoms with Crippen LogP contribution in [0, 0.1) is 0 Å². The zero-order chi connectivity index (χ0) is 13.0. The summed E-state index contributed by atoms with van der Waals surface area (Å²) in [7, 11) is 2.95. The summed E-state index contributed by atoms with van der Waals surface area (Å²) >= 11 is 6.00. The van der Waals surface area contributed by atoms with Gasteiger partial charge < -0.3 is 20.3 Å². The molecule has 0 aliphatic carbocycles. The van der Waals surface area contributed by atoms with E-state index in [1.54, 1.807) is 12.1 Å². The molecule has 5 nitrogen and oxygen atoms in total. The van der Waals surface area contributed by atoms with Gasteiger partial charge in [-0.25, -0.2) is 0 Å². The average molecular weight is 260 g/mol. The molecule has 0 aliphatic heterocycles. The molecule has 0 aliphatic rings. The van der Waals surface area contributed by atoms with Gasteiger partial charge in [-0.1, -0.05) is 11.6 Å². The van der Waals surface area contributed by atoms with Crippen LogP contribution in [0.5, 0.6) is 11.5 Å². The van der Waals surface area contributed by atoms with Gasteiger partial charge in [-0.05, 0) is 12.1 Å². The molecule has 1 atom stereocenters. The summed E-state index contributed by atoms with van der Waals surface area (Å²) in [5, 5.41) is 9.19. The summed E-state index contributed by atoms with van der Waals surface area (Å²) in [5.41, 5.74) is 6.01. The Morgan fingerprint density at radius 1 is 1.47 bits per heavy atom. The molecular formula is C11H14ClNO4. The van der Waals surface area contributed by atoms with Crippen LogP contribution in [0.1, 0.15) is 5.56 Å². The van der Waals surface area contributed by atoms with E-state index in [-0.39, 0.29) is 6.42 Å². The first-order chi connectivity index (χ1) is 8.01. The molecule has 0 radical (unpaired) electrons. The summed E-state index contributed by atoms with van der Waals surface area (Å²) in [6, 6.07) is 2.23. The van der Waals surface area contributed by atoms with E-state index in [0.29, 0.717) is 22.1 Å². The molecular weight excluding hydrogens is 246 g/mol. The van der Waals surface area contributed by atoms with E-state index in [1.807, 2.05) is 0 Å². The molecule has 3 N–H and O–H groups in total. The highest BCUT2D eigenvalue weighted by atomic mass is 35.5. The molecule has 1 aromatic rings. The maximum Gasteiger partial charge on any atom is 0.320 e. The number of carbonyl (C=O) groups is 1. The predicted octanol–water partition coefficient (Wildman–Crippen LogP) is 1.31. The fourth-order valence-corrected chi connectivity index (χ4v) is 1.69. The first kappa shape index (κ1) is 13.6. The Morgan fingerprint density at radius 3 is 2.59 bits per heavy atom. The Bertz CT molecular complexity index is 422. The van der Waals surface area contributed by atoms with Crippen LogP contribution in [0.2, 0.25) is 5.02 Å². The van der Waals surface area contributed by atoms with Gasteiger partial charge in [0.05, 0.1) is 14.2 Å². The first-order valence-electron chi connectivity index (χ1n) is 4.89.